The first-order chi connectivity index (χ1) is 9.74. The topological polar surface area (TPSA) is 59.3 Å². The van der Waals surface area contributed by atoms with E-state index in [9.17, 15) is 5.11 Å². The molecule has 0 radical (unpaired) electrons. The van der Waals surface area contributed by atoms with Crippen LogP contribution in [0.3, 0.4) is 0 Å². The largest absolute Gasteiger partial charge is 0.491 e. The van der Waals surface area contributed by atoms with Crippen LogP contribution in [0.1, 0.15) is 5.56 Å². The summed E-state index contributed by atoms with van der Waals surface area (Å²) in [6.45, 7) is 4.45. The third-order valence-electron chi connectivity index (χ3n) is 2.92. The lowest BCUT2D eigenvalue weighted by atomic mass is 10.2. The van der Waals surface area contributed by atoms with Crippen LogP contribution in [0.15, 0.2) is 43.0 Å². The van der Waals surface area contributed by atoms with Crippen LogP contribution >= 0.6 is 0 Å². The average Bonchev–Trinajstić information content (AvgIpc) is 2.95. The van der Waals surface area contributed by atoms with Crippen LogP contribution in [0.5, 0.6) is 5.75 Å². The van der Waals surface area contributed by atoms with Crippen LogP contribution in [-0.4, -0.2) is 40.5 Å². The van der Waals surface area contributed by atoms with Crippen molar-refractivity contribution < 1.29 is 9.84 Å². The molecule has 2 rings (SSSR count). The van der Waals surface area contributed by atoms with Crippen molar-refractivity contribution in [3.63, 3.8) is 0 Å². The summed E-state index contributed by atoms with van der Waals surface area (Å²) in [5, 5.41) is 13.0. The molecule has 0 bridgehead atoms. The quantitative estimate of drug-likeness (QED) is 0.711. The number of aliphatic hydroxyl groups excluding tert-OH is 1. The van der Waals surface area contributed by atoms with Crippen molar-refractivity contribution in [2.75, 3.05) is 19.7 Å². The van der Waals surface area contributed by atoms with Crippen molar-refractivity contribution in [1.29, 1.82) is 0 Å². The molecule has 0 aliphatic rings. The fraction of sp³-hybridized carbons (Fsp3) is 0.400. The Balaban J connectivity index is 1.59. The van der Waals surface area contributed by atoms with Crippen LogP contribution in [0.2, 0.25) is 0 Å². The van der Waals surface area contributed by atoms with Crippen molar-refractivity contribution in [1.82, 2.24) is 14.9 Å². The highest BCUT2D eigenvalue weighted by atomic mass is 16.5. The van der Waals surface area contributed by atoms with Crippen LogP contribution in [0, 0.1) is 6.92 Å². The van der Waals surface area contributed by atoms with Gasteiger partial charge in [-0.05, 0) is 24.6 Å². The molecule has 2 N–H and O–H groups in total. The standard InChI is InChI=1S/C15H21N3O2/c1-13-3-2-4-15(9-13)20-11-14(19)10-16-5-7-18-8-6-17-12-18/h2-4,6,8-9,12,14,16,19H,5,7,10-11H2,1H3. The molecule has 20 heavy (non-hydrogen) atoms. The molecule has 0 spiro atoms. The van der Waals surface area contributed by atoms with Crippen LogP contribution in [0.4, 0.5) is 0 Å². The number of aryl methyl sites for hydroxylation is 1. The second kappa shape index (κ2) is 7.67. The van der Waals surface area contributed by atoms with Gasteiger partial charge in [0.1, 0.15) is 18.5 Å². The number of nitrogens with one attached hydrogen (secondary N) is 1. The van der Waals surface area contributed by atoms with Crippen LogP contribution in [0.25, 0.3) is 0 Å². The average molecular weight is 275 g/mol. The lowest BCUT2D eigenvalue weighted by Gasteiger charge is -2.13. The molecule has 0 saturated heterocycles. The van der Waals surface area contributed by atoms with E-state index in [4.69, 9.17) is 4.74 Å². The number of rotatable bonds is 8. The van der Waals surface area contributed by atoms with Gasteiger partial charge in [0, 0.05) is 32.0 Å². The van der Waals surface area contributed by atoms with E-state index >= 15 is 0 Å². The van der Waals surface area contributed by atoms with Gasteiger partial charge in [0.05, 0.1) is 6.33 Å². The predicted octanol–water partition coefficient (Wildman–Crippen LogP) is 1.22. The number of aromatic nitrogens is 2. The SMILES string of the molecule is Cc1cccc(OCC(O)CNCCn2ccnc2)c1. The number of imidazole rings is 1. The number of nitrogens with zero attached hydrogens (tertiary/aromatic N) is 2. The van der Waals surface area contributed by atoms with Gasteiger partial charge in [-0.2, -0.15) is 0 Å². The maximum Gasteiger partial charge on any atom is 0.119 e. The highest BCUT2D eigenvalue weighted by Crippen LogP contribution is 2.12. The molecule has 1 unspecified atom stereocenters. The van der Waals surface area contributed by atoms with E-state index in [1.807, 2.05) is 42.0 Å². The Morgan fingerprint density at radius 2 is 2.35 bits per heavy atom. The molecular formula is C15H21N3O2. The number of aliphatic hydroxyl groups is 1. The summed E-state index contributed by atoms with van der Waals surface area (Å²) in [6, 6.07) is 7.81. The molecule has 1 heterocycles. The molecule has 108 valence electrons. The van der Waals surface area contributed by atoms with E-state index in [-0.39, 0.29) is 0 Å². The summed E-state index contributed by atoms with van der Waals surface area (Å²) in [5.74, 6) is 0.794. The first-order valence-electron chi connectivity index (χ1n) is 6.78. The van der Waals surface area contributed by atoms with E-state index < -0.39 is 6.10 Å². The molecule has 0 fully saturated rings. The molecule has 1 atom stereocenters. The minimum atomic E-state index is -0.515. The molecule has 1 aromatic carbocycles. The Labute approximate surface area is 119 Å². The van der Waals surface area contributed by atoms with Gasteiger partial charge in [-0.3, -0.25) is 0 Å². The second-order valence-electron chi connectivity index (χ2n) is 4.79. The number of hydrogen-bond donors (Lipinski definition) is 2. The third-order valence-corrected chi connectivity index (χ3v) is 2.92. The van der Waals surface area contributed by atoms with E-state index in [1.54, 1.807) is 12.5 Å². The van der Waals surface area contributed by atoms with Gasteiger partial charge in [-0.1, -0.05) is 12.1 Å². The van der Waals surface area contributed by atoms with Crippen molar-refractivity contribution in [2.45, 2.75) is 19.6 Å². The van der Waals surface area contributed by atoms with Crippen molar-refractivity contribution in [3.8, 4) is 5.75 Å². The Bertz CT molecular complexity index is 500. The van der Waals surface area contributed by atoms with Gasteiger partial charge in [0.25, 0.3) is 0 Å². The second-order valence-corrected chi connectivity index (χ2v) is 4.79. The highest BCUT2D eigenvalue weighted by molar-refractivity contribution is 5.27. The Morgan fingerprint density at radius 3 is 3.10 bits per heavy atom. The summed E-state index contributed by atoms with van der Waals surface area (Å²) in [4.78, 5) is 3.97. The van der Waals surface area contributed by atoms with E-state index in [0.29, 0.717) is 13.2 Å². The summed E-state index contributed by atoms with van der Waals surface area (Å²) in [5.41, 5.74) is 1.15. The molecule has 5 heteroatoms. The Hall–Kier alpha value is -1.85. The van der Waals surface area contributed by atoms with Crippen LogP contribution < -0.4 is 10.1 Å². The molecular weight excluding hydrogens is 254 g/mol. The maximum atomic E-state index is 9.83. The summed E-state index contributed by atoms with van der Waals surface area (Å²) in [6.07, 6.45) is 4.93. The maximum absolute atomic E-state index is 9.83. The zero-order valence-corrected chi connectivity index (χ0v) is 11.7. The Kier molecular flexibility index (Phi) is 5.58. The normalized spacial score (nSPS) is 12.3. The van der Waals surface area contributed by atoms with Crippen molar-refractivity contribution >= 4 is 0 Å². The van der Waals surface area contributed by atoms with E-state index in [1.165, 1.54) is 0 Å². The molecule has 0 aliphatic heterocycles. The molecule has 0 amide bonds. The Morgan fingerprint density at radius 1 is 1.45 bits per heavy atom. The molecule has 2 aromatic rings. The third kappa shape index (κ3) is 5.03. The minimum Gasteiger partial charge on any atom is -0.491 e. The molecule has 0 saturated carbocycles. The smallest absolute Gasteiger partial charge is 0.119 e. The monoisotopic (exact) mass is 275 g/mol. The van der Waals surface area contributed by atoms with E-state index in [2.05, 4.69) is 10.3 Å². The highest BCUT2D eigenvalue weighted by Gasteiger charge is 2.04. The van der Waals surface area contributed by atoms with Gasteiger partial charge in [-0.15, -0.1) is 0 Å². The van der Waals surface area contributed by atoms with Gasteiger partial charge in [0.2, 0.25) is 0 Å². The zero-order valence-electron chi connectivity index (χ0n) is 11.7. The van der Waals surface area contributed by atoms with Gasteiger partial charge in [-0.25, -0.2) is 4.98 Å². The summed E-state index contributed by atoms with van der Waals surface area (Å²) in [7, 11) is 0. The molecule has 5 nitrogen and oxygen atoms in total. The number of hydrogen-bond acceptors (Lipinski definition) is 4. The fourth-order valence-corrected chi connectivity index (χ4v) is 1.85. The first kappa shape index (κ1) is 14.6. The van der Waals surface area contributed by atoms with Crippen molar-refractivity contribution in [3.05, 3.63) is 48.5 Å². The number of benzene rings is 1. The predicted molar refractivity (Wildman–Crippen MR) is 77.8 cm³/mol. The zero-order chi connectivity index (χ0) is 14.2. The fourth-order valence-electron chi connectivity index (χ4n) is 1.85. The minimum absolute atomic E-state index is 0.293. The first-order valence-corrected chi connectivity index (χ1v) is 6.78. The molecule has 1 aromatic heterocycles. The van der Waals surface area contributed by atoms with Gasteiger partial charge < -0.3 is 19.7 Å². The van der Waals surface area contributed by atoms with Crippen molar-refractivity contribution in [2.24, 2.45) is 0 Å². The lowest BCUT2D eigenvalue weighted by Crippen LogP contribution is -2.33. The lowest BCUT2D eigenvalue weighted by molar-refractivity contribution is 0.106. The summed E-state index contributed by atoms with van der Waals surface area (Å²) >= 11 is 0. The van der Waals surface area contributed by atoms with Gasteiger partial charge in [0.15, 0.2) is 0 Å². The molecule has 0 aliphatic carbocycles. The van der Waals surface area contributed by atoms with Gasteiger partial charge >= 0.3 is 0 Å². The van der Waals surface area contributed by atoms with Crippen LogP contribution in [-0.2, 0) is 6.54 Å². The van der Waals surface area contributed by atoms with E-state index in [0.717, 1.165) is 24.4 Å². The summed E-state index contributed by atoms with van der Waals surface area (Å²) < 4.78 is 7.54. The number of ether oxygens (including phenoxy) is 1.